The minimum absolute atomic E-state index is 0.381. The molecule has 6 heteroatoms. The predicted octanol–water partition coefficient (Wildman–Crippen LogP) is 1.42. The highest BCUT2D eigenvalue weighted by Gasteiger charge is 2.24. The fourth-order valence-electron chi connectivity index (χ4n) is 0.589. The molecule has 11 heavy (non-hydrogen) atoms. The van der Waals surface area contributed by atoms with Crippen LogP contribution in [0.15, 0.2) is 17.3 Å². The van der Waals surface area contributed by atoms with Crippen LogP contribution in [0.25, 0.3) is 0 Å². The number of aromatic nitrogens is 2. The van der Waals surface area contributed by atoms with Gasteiger partial charge in [-0.3, -0.25) is 5.14 Å². The number of nitrogens with two attached hydrogens (primary N) is 1. The molecule has 0 radical (unpaired) electrons. The molecule has 0 saturated heterocycles. The van der Waals surface area contributed by atoms with Gasteiger partial charge in [0.2, 0.25) is 0 Å². The zero-order valence-corrected chi connectivity index (χ0v) is 6.61. The van der Waals surface area contributed by atoms with Crippen molar-refractivity contribution in [3.8, 4) is 0 Å². The Bertz CT molecular complexity index is 242. The van der Waals surface area contributed by atoms with E-state index in [-0.39, 0.29) is 0 Å². The lowest BCUT2D eigenvalue weighted by molar-refractivity contribution is -0.0731. The maximum atomic E-state index is 12.5. The lowest BCUT2D eigenvalue weighted by Crippen LogP contribution is -2.18. The molecular weight excluding hydrogens is 172 g/mol. The van der Waals surface area contributed by atoms with Crippen molar-refractivity contribution in [1.82, 2.24) is 9.78 Å². The summed E-state index contributed by atoms with van der Waals surface area (Å²) in [5.41, 5.74) is 0. The zero-order valence-electron chi connectivity index (χ0n) is 5.79. The molecule has 0 saturated carbocycles. The molecule has 0 amide bonds. The van der Waals surface area contributed by atoms with Crippen LogP contribution in [0.2, 0.25) is 0 Å². The highest BCUT2D eigenvalue weighted by atomic mass is 32.2. The van der Waals surface area contributed by atoms with E-state index in [0.29, 0.717) is 9.71 Å². The molecule has 1 heterocycles. The van der Waals surface area contributed by atoms with Crippen LogP contribution < -0.4 is 5.14 Å². The number of hydrogen-bond donors (Lipinski definition) is 1. The fraction of sp³-hybridized carbons (Fsp3) is 0.400. The summed E-state index contributed by atoms with van der Waals surface area (Å²) in [7, 11) is 0. The quantitative estimate of drug-likeness (QED) is 0.698. The number of nitrogens with zero attached hydrogens (tertiary/aromatic N) is 2. The highest BCUT2D eigenvalue weighted by Crippen LogP contribution is 2.19. The molecule has 1 aromatic heterocycles. The number of alkyl halides is 2. The topological polar surface area (TPSA) is 43.8 Å². The van der Waals surface area contributed by atoms with Gasteiger partial charge in [-0.25, -0.2) is 4.68 Å². The van der Waals surface area contributed by atoms with E-state index in [2.05, 4.69) is 5.10 Å². The van der Waals surface area contributed by atoms with Crippen molar-refractivity contribution in [1.29, 1.82) is 0 Å². The van der Waals surface area contributed by atoms with Crippen molar-refractivity contribution in [2.24, 2.45) is 5.14 Å². The summed E-state index contributed by atoms with van der Waals surface area (Å²) in [6.45, 7) is 0.769. The summed E-state index contributed by atoms with van der Waals surface area (Å²) in [6, 6.07) is -1.52. The summed E-state index contributed by atoms with van der Waals surface area (Å²) < 4.78 is 25.5. The first kappa shape index (κ1) is 8.48. The minimum Gasteiger partial charge on any atom is -0.272 e. The smallest absolute Gasteiger partial charge is 0.272 e. The van der Waals surface area contributed by atoms with E-state index in [1.807, 2.05) is 0 Å². The van der Waals surface area contributed by atoms with Gasteiger partial charge in [0.05, 0.1) is 0 Å². The van der Waals surface area contributed by atoms with Gasteiger partial charge in [-0.05, 0) is 18.0 Å². The number of halogens is 2. The van der Waals surface area contributed by atoms with Crippen LogP contribution in [0.3, 0.4) is 0 Å². The Morgan fingerprint density at radius 3 is 2.64 bits per heavy atom. The molecule has 3 nitrogen and oxygen atoms in total. The Balaban J connectivity index is 2.89. The average molecular weight is 179 g/mol. The van der Waals surface area contributed by atoms with Crippen LogP contribution in [0.1, 0.15) is 6.92 Å². The number of rotatable bonds is 2. The van der Waals surface area contributed by atoms with Crippen LogP contribution in [-0.2, 0) is 6.05 Å². The maximum absolute atomic E-state index is 12.5. The van der Waals surface area contributed by atoms with Crippen LogP contribution in [0.4, 0.5) is 8.78 Å². The first-order valence-electron chi connectivity index (χ1n) is 2.85. The Kier molecular flexibility index (Phi) is 2.15. The van der Waals surface area contributed by atoms with E-state index >= 15 is 0 Å². The van der Waals surface area contributed by atoms with Gasteiger partial charge in [0, 0.05) is 13.1 Å². The van der Waals surface area contributed by atoms with Gasteiger partial charge < -0.3 is 0 Å². The van der Waals surface area contributed by atoms with Gasteiger partial charge in [-0.1, -0.05) is 0 Å². The summed E-state index contributed by atoms with van der Waals surface area (Å²) in [4.78, 5) is 0. The Morgan fingerprint density at radius 1 is 1.73 bits per heavy atom. The SMILES string of the molecule is CC(F)(F)n1ccc(SN)n1. The van der Waals surface area contributed by atoms with E-state index in [4.69, 9.17) is 5.14 Å². The molecule has 0 aliphatic carbocycles. The van der Waals surface area contributed by atoms with Gasteiger partial charge in [-0.2, -0.15) is 13.9 Å². The third-order valence-electron chi connectivity index (χ3n) is 1.09. The molecule has 0 aliphatic rings. The zero-order chi connectivity index (χ0) is 8.48. The van der Waals surface area contributed by atoms with Crippen molar-refractivity contribution in [2.45, 2.75) is 18.0 Å². The largest absolute Gasteiger partial charge is 0.340 e. The first-order chi connectivity index (χ1) is 5.04. The molecule has 1 rings (SSSR count). The van der Waals surface area contributed by atoms with Crippen molar-refractivity contribution < 1.29 is 8.78 Å². The second kappa shape index (κ2) is 2.78. The second-order valence-corrected chi connectivity index (χ2v) is 2.71. The van der Waals surface area contributed by atoms with Crippen LogP contribution in [0.5, 0.6) is 0 Å². The molecule has 1 aromatic rings. The minimum atomic E-state index is -2.95. The lowest BCUT2D eigenvalue weighted by Gasteiger charge is -2.08. The van der Waals surface area contributed by atoms with Gasteiger partial charge in [0.15, 0.2) is 0 Å². The Hall–Kier alpha value is -0.620. The van der Waals surface area contributed by atoms with Crippen LogP contribution >= 0.6 is 11.9 Å². The molecule has 0 spiro atoms. The molecule has 0 aromatic carbocycles. The van der Waals surface area contributed by atoms with Gasteiger partial charge in [-0.15, -0.1) is 0 Å². The molecule has 0 aliphatic heterocycles. The predicted molar refractivity (Wildman–Crippen MR) is 38.1 cm³/mol. The monoisotopic (exact) mass is 179 g/mol. The van der Waals surface area contributed by atoms with Crippen molar-refractivity contribution >= 4 is 11.9 Å². The summed E-state index contributed by atoms with van der Waals surface area (Å²) in [5, 5.41) is 8.99. The highest BCUT2D eigenvalue weighted by molar-refractivity contribution is 7.97. The first-order valence-corrected chi connectivity index (χ1v) is 3.72. The van der Waals surface area contributed by atoms with E-state index in [1.54, 1.807) is 0 Å². The third kappa shape index (κ3) is 1.90. The molecule has 62 valence electrons. The van der Waals surface area contributed by atoms with Gasteiger partial charge >= 0.3 is 6.05 Å². The van der Waals surface area contributed by atoms with Crippen molar-refractivity contribution in [3.63, 3.8) is 0 Å². The van der Waals surface area contributed by atoms with Crippen LogP contribution in [0, 0.1) is 0 Å². The second-order valence-electron chi connectivity index (χ2n) is 2.06. The lowest BCUT2D eigenvalue weighted by atomic mass is 10.6. The molecule has 0 atom stereocenters. The van der Waals surface area contributed by atoms with E-state index < -0.39 is 6.05 Å². The maximum Gasteiger partial charge on any atom is 0.340 e. The molecule has 2 N–H and O–H groups in total. The standard InChI is InChI=1S/C5H7F2N3S/c1-5(6,7)10-3-2-4(9-10)11-8/h2-3H,8H2,1H3. The van der Waals surface area contributed by atoms with E-state index in [0.717, 1.165) is 18.9 Å². The normalized spacial score (nSPS) is 12.0. The fourth-order valence-corrected chi connectivity index (χ4v) is 0.863. The summed E-state index contributed by atoms with van der Waals surface area (Å²) in [5.74, 6) is 0. The molecule has 0 unspecified atom stereocenters. The van der Waals surface area contributed by atoms with E-state index in [1.165, 1.54) is 12.3 Å². The van der Waals surface area contributed by atoms with Crippen LogP contribution in [-0.4, -0.2) is 9.78 Å². The van der Waals surface area contributed by atoms with Gasteiger partial charge in [0.1, 0.15) is 5.03 Å². The number of hydrogen-bond acceptors (Lipinski definition) is 3. The average Bonchev–Trinajstić information content (AvgIpc) is 2.32. The molecule has 0 fully saturated rings. The van der Waals surface area contributed by atoms with Crippen molar-refractivity contribution in [3.05, 3.63) is 12.3 Å². The summed E-state index contributed by atoms with van der Waals surface area (Å²) >= 11 is 0.840. The Labute approximate surface area is 66.7 Å². The van der Waals surface area contributed by atoms with E-state index in [9.17, 15) is 8.78 Å². The molecular formula is C5H7F2N3S. The molecule has 0 bridgehead atoms. The summed E-state index contributed by atoms with van der Waals surface area (Å²) in [6.07, 6.45) is 1.19. The van der Waals surface area contributed by atoms with Crippen molar-refractivity contribution in [2.75, 3.05) is 0 Å². The third-order valence-corrected chi connectivity index (χ3v) is 1.55. The Morgan fingerprint density at radius 2 is 2.36 bits per heavy atom. The van der Waals surface area contributed by atoms with Gasteiger partial charge in [0.25, 0.3) is 0 Å².